The van der Waals surface area contributed by atoms with Crippen LogP contribution >= 0.6 is 0 Å². The van der Waals surface area contributed by atoms with E-state index in [4.69, 9.17) is 0 Å². The van der Waals surface area contributed by atoms with E-state index in [0.29, 0.717) is 6.54 Å². The molecule has 0 radical (unpaired) electrons. The molecule has 0 aliphatic heterocycles. The Bertz CT molecular complexity index is 555. The molecule has 2 aromatic rings. The quantitative estimate of drug-likeness (QED) is 0.881. The number of hydrogen-bond acceptors (Lipinski definition) is 1. The van der Waals surface area contributed by atoms with Gasteiger partial charge in [-0.1, -0.05) is 25.1 Å². The van der Waals surface area contributed by atoms with Crippen LogP contribution in [0.5, 0.6) is 0 Å². The first kappa shape index (κ1) is 12.7. The molecule has 0 atom stereocenters. The number of rotatable bonds is 4. The van der Waals surface area contributed by atoms with Gasteiger partial charge in [0.1, 0.15) is 6.54 Å². The Hall–Kier alpha value is -1.77. The molecule has 0 bridgehead atoms. The number of carbonyl (C=O) groups is 1. The van der Waals surface area contributed by atoms with Crippen LogP contribution in [0.25, 0.3) is 10.9 Å². The summed E-state index contributed by atoms with van der Waals surface area (Å²) >= 11 is 0. The second-order valence-electron chi connectivity index (χ2n) is 4.87. The SMILES string of the molecule is CCc1cccc2ccn(CC(=O)NC(C)C)c12. The van der Waals surface area contributed by atoms with E-state index in [9.17, 15) is 4.79 Å². The van der Waals surface area contributed by atoms with Crippen molar-refractivity contribution in [3.8, 4) is 0 Å². The summed E-state index contributed by atoms with van der Waals surface area (Å²) in [6, 6.07) is 8.53. The lowest BCUT2D eigenvalue weighted by molar-refractivity contribution is -0.122. The third kappa shape index (κ3) is 2.55. The summed E-state index contributed by atoms with van der Waals surface area (Å²) in [5.41, 5.74) is 2.47. The fraction of sp³-hybridized carbons (Fsp3) is 0.400. The highest BCUT2D eigenvalue weighted by Crippen LogP contribution is 2.20. The summed E-state index contributed by atoms with van der Waals surface area (Å²) < 4.78 is 2.03. The van der Waals surface area contributed by atoms with E-state index in [2.05, 4.69) is 36.5 Å². The molecule has 2 rings (SSSR count). The zero-order valence-corrected chi connectivity index (χ0v) is 11.2. The van der Waals surface area contributed by atoms with Crippen LogP contribution in [-0.2, 0) is 17.8 Å². The average Bonchev–Trinajstić information content (AvgIpc) is 2.71. The highest BCUT2D eigenvalue weighted by Gasteiger charge is 2.09. The van der Waals surface area contributed by atoms with Crippen molar-refractivity contribution in [3.63, 3.8) is 0 Å². The molecule has 0 unspecified atom stereocenters. The summed E-state index contributed by atoms with van der Waals surface area (Å²) in [7, 11) is 0. The number of nitrogens with zero attached hydrogens (tertiary/aromatic N) is 1. The lowest BCUT2D eigenvalue weighted by Gasteiger charge is -2.11. The lowest BCUT2D eigenvalue weighted by Crippen LogP contribution is -2.32. The van der Waals surface area contributed by atoms with Crippen molar-refractivity contribution >= 4 is 16.8 Å². The summed E-state index contributed by atoms with van der Waals surface area (Å²) in [6.45, 7) is 6.48. The van der Waals surface area contributed by atoms with Gasteiger partial charge in [-0.15, -0.1) is 0 Å². The predicted molar refractivity (Wildman–Crippen MR) is 74.6 cm³/mol. The second-order valence-corrected chi connectivity index (χ2v) is 4.87. The Labute approximate surface area is 108 Å². The van der Waals surface area contributed by atoms with Gasteiger partial charge in [0.25, 0.3) is 0 Å². The summed E-state index contributed by atoms with van der Waals surface area (Å²) in [4.78, 5) is 11.8. The van der Waals surface area contributed by atoms with Gasteiger partial charge in [0, 0.05) is 12.2 Å². The van der Waals surface area contributed by atoms with Gasteiger partial charge >= 0.3 is 0 Å². The highest BCUT2D eigenvalue weighted by atomic mass is 16.2. The third-order valence-electron chi connectivity index (χ3n) is 3.02. The van der Waals surface area contributed by atoms with Crippen molar-refractivity contribution in [3.05, 3.63) is 36.0 Å². The summed E-state index contributed by atoms with van der Waals surface area (Å²) in [6.07, 6.45) is 2.97. The predicted octanol–water partition coefficient (Wildman–Crippen LogP) is 2.73. The largest absolute Gasteiger partial charge is 0.352 e. The minimum absolute atomic E-state index is 0.0633. The third-order valence-corrected chi connectivity index (χ3v) is 3.02. The molecular weight excluding hydrogens is 224 g/mol. The minimum atomic E-state index is 0.0633. The molecule has 0 aliphatic rings. The first-order valence-corrected chi connectivity index (χ1v) is 6.48. The molecule has 1 N–H and O–H groups in total. The normalized spacial score (nSPS) is 11.1. The topological polar surface area (TPSA) is 34.0 Å². The van der Waals surface area contributed by atoms with E-state index in [1.54, 1.807) is 0 Å². The van der Waals surface area contributed by atoms with Crippen molar-refractivity contribution in [1.29, 1.82) is 0 Å². The van der Waals surface area contributed by atoms with Crippen LogP contribution in [0, 0.1) is 0 Å². The smallest absolute Gasteiger partial charge is 0.240 e. The summed E-state index contributed by atoms with van der Waals surface area (Å²) in [5, 5.41) is 4.12. The molecule has 0 saturated carbocycles. The molecule has 3 heteroatoms. The van der Waals surface area contributed by atoms with Crippen molar-refractivity contribution in [2.75, 3.05) is 0 Å². The minimum Gasteiger partial charge on any atom is -0.352 e. The van der Waals surface area contributed by atoms with Crippen molar-refractivity contribution in [2.24, 2.45) is 0 Å². The van der Waals surface area contributed by atoms with Crippen LogP contribution in [-0.4, -0.2) is 16.5 Å². The molecule has 0 fully saturated rings. The first-order chi connectivity index (χ1) is 8.61. The molecule has 0 spiro atoms. The Balaban J connectivity index is 2.31. The standard InChI is InChI=1S/C15H20N2O/c1-4-12-6-5-7-13-8-9-17(15(12)13)10-14(18)16-11(2)3/h5-9,11H,4,10H2,1-3H3,(H,16,18). The fourth-order valence-corrected chi connectivity index (χ4v) is 2.28. The molecule has 1 aromatic carbocycles. The molecule has 1 amide bonds. The number of nitrogens with one attached hydrogen (secondary N) is 1. The molecule has 1 aromatic heterocycles. The van der Waals surface area contributed by atoms with Gasteiger partial charge in [0.2, 0.25) is 5.91 Å². The van der Waals surface area contributed by atoms with E-state index < -0.39 is 0 Å². The Morgan fingerprint density at radius 1 is 1.33 bits per heavy atom. The number of fused-ring (bicyclic) bond motifs is 1. The van der Waals surface area contributed by atoms with Crippen LogP contribution in [0.3, 0.4) is 0 Å². The van der Waals surface area contributed by atoms with Crippen LogP contribution in [0.2, 0.25) is 0 Å². The number of aromatic nitrogens is 1. The molecule has 96 valence electrons. The van der Waals surface area contributed by atoms with E-state index in [1.807, 2.05) is 24.6 Å². The van der Waals surface area contributed by atoms with Crippen LogP contribution in [0.15, 0.2) is 30.5 Å². The van der Waals surface area contributed by atoms with E-state index in [-0.39, 0.29) is 11.9 Å². The van der Waals surface area contributed by atoms with E-state index in [0.717, 1.165) is 6.42 Å². The van der Waals surface area contributed by atoms with Gasteiger partial charge in [-0.05, 0) is 37.3 Å². The lowest BCUT2D eigenvalue weighted by atomic mass is 10.1. The molecule has 0 saturated heterocycles. The van der Waals surface area contributed by atoms with E-state index in [1.165, 1.54) is 16.5 Å². The molecule has 3 nitrogen and oxygen atoms in total. The van der Waals surface area contributed by atoms with Gasteiger partial charge < -0.3 is 9.88 Å². The number of carbonyl (C=O) groups excluding carboxylic acids is 1. The monoisotopic (exact) mass is 244 g/mol. The van der Waals surface area contributed by atoms with Gasteiger partial charge in [0.05, 0.1) is 5.52 Å². The number of benzene rings is 1. The zero-order chi connectivity index (χ0) is 13.1. The Morgan fingerprint density at radius 3 is 2.78 bits per heavy atom. The molecule has 1 heterocycles. The maximum atomic E-state index is 11.8. The summed E-state index contributed by atoms with van der Waals surface area (Å²) in [5.74, 6) is 0.0633. The zero-order valence-electron chi connectivity index (χ0n) is 11.2. The van der Waals surface area contributed by atoms with E-state index >= 15 is 0 Å². The van der Waals surface area contributed by atoms with Crippen LogP contribution in [0.4, 0.5) is 0 Å². The van der Waals surface area contributed by atoms with Gasteiger partial charge in [-0.2, -0.15) is 0 Å². The van der Waals surface area contributed by atoms with Crippen molar-refractivity contribution in [1.82, 2.24) is 9.88 Å². The number of aryl methyl sites for hydroxylation is 1. The van der Waals surface area contributed by atoms with Crippen LogP contribution in [0.1, 0.15) is 26.3 Å². The Morgan fingerprint density at radius 2 is 2.11 bits per heavy atom. The first-order valence-electron chi connectivity index (χ1n) is 6.48. The van der Waals surface area contributed by atoms with Crippen molar-refractivity contribution in [2.45, 2.75) is 39.8 Å². The fourth-order valence-electron chi connectivity index (χ4n) is 2.28. The average molecular weight is 244 g/mol. The van der Waals surface area contributed by atoms with Gasteiger partial charge in [0.15, 0.2) is 0 Å². The number of amides is 1. The van der Waals surface area contributed by atoms with Gasteiger partial charge in [-0.3, -0.25) is 4.79 Å². The second kappa shape index (κ2) is 5.25. The molecular formula is C15H20N2O. The maximum absolute atomic E-state index is 11.8. The number of hydrogen-bond donors (Lipinski definition) is 1. The highest BCUT2D eigenvalue weighted by molar-refractivity contribution is 5.85. The van der Waals surface area contributed by atoms with Crippen molar-refractivity contribution < 1.29 is 4.79 Å². The Kier molecular flexibility index (Phi) is 3.70. The van der Waals surface area contributed by atoms with Crippen LogP contribution < -0.4 is 5.32 Å². The molecule has 0 aliphatic carbocycles. The molecule has 18 heavy (non-hydrogen) atoms. The van der Waals surface area contributed by atoms with Gasteiger partial charge in [-0.25, -0.2) is 0 Å². The maximum Gasteiger partial charge on any atom is 0.240 e. The number of para-hydroxylation sites is 1.